The summed E-state index contributed by atoms with van der Waals surface area (Å²) >= 11 is 0. The predicted octanol–water partition coefficient (Wildman–Crippen LogP) is 2.60. The molecule has 1 aliphatic carbocycles. The van der Waals surface area contributed by atoms with Crippen LogP contribution in [-0.2, 0) is 33.6 Å². The molecule has 2 bridgehead atoms. The minimum atomic E-state index is -1.03. The van der Waals surface area contributed by atoms with Crippen LogP contribution in [0.5, 0.6) is 0 Å². The lowest BCUT2D eigenvalue weighted by Crippen LogP contribution is -2.70. The van der Waals surface area contributed by atoms with Crippen molar-refractivity contribution in [2.24, 2.45) is 23.7 Å². The van der Waals surface area contributed by atoms with E-state index in [2.05, 4.69) is 6.92 Å². The van der Waals surface area contributed by atoms with Crippen LogP contribution in [0.3, 0.4) is 0 Å². The quantitative estimate of drug-likeness (QED) is 0.583. The van der Waals surface area contributed by atoms with Crippen LogP contribution in [0.25, 0.3) is 0 Å². The maximum absolute atomic E-state index is 12.1. The molecular formula is C19H28O8. The lowest BCUT2D eigenvalue weighted by molar-refractivity contribution is -0.576. The minimum absolute atomic E-state index is 0.0670. The molecule has 0 aromatic carbocycles. The van der Waals surface area contributed by atoms with Crippen LogP contribution >= 0.6 is 0 Å². The first-order chi connectivity index (χ1) is 12.7. The van der Waals surface area contributed by atoms with Gasteiger partial charge in [0.05, 0.1) is 12.8 Å². The molecular weight excluding hydrogens is 356 g/mol. The average molecular weight is 384 g/mol. The van der Waals surface area contributed by atoms with E-state index in [4.69, 9.17) is 29.1 Å². The topological polar surface area (TPSA) is 101 Å². The number of fused-ring (bicyclic) bond motifs is 2. The van der Waals surface area contributed by atoms with Gasteiger partial charge in [-0.2, -0.15) is 0 Å². The summed E-state index contributed by atoms with van der Waals surface area (Å²) in [5.41, 5.74) is -0.697. The maximum atomic E-state index is 12.1. The smallest absolute Gasteiger partial charge is 0.308 e. The molecule has 4 aliphatic heterocycles. The number of carbonyl (C=O) groups is 2. The summed E-state index contributed by atoms with van der Waals surface area (Å²) in [4.78, 5) is 34.5. The van der Waals surface area contributed by atoms with Crippen LogP contribution in [0, 0.1) is 23.7 Å². The van der Waals surface area contributed by atoms with Crippen molar-refractivity contribution in [1.82, 2.24) is 0 Å². The number of carbonyl (C=O) groups excluding carboxylic acids is 1. The van der Waals surface area contributed by atoms with Crippen molar-refractivity contribution in [3.05, 3.63) is 0 Å². The number of ether oxygens (including phenoxy) is 3. The molecule has 8 nitrogen and oxygen atoms in total. The Kier molecular flexibility index (Phi) is 4.73. The summed E-state index contributed by atoms with van der Waals surface area (Å²) < 4.78 is 17.8. The number of carboxylic acid groups (broad SMARTS) is 1. The van der Waals surface area contributed by atoms with Gasteiger partial charge in [-0.25, -0.2) is 9.78 Å². The van der Waals surface area contributed by atoms with Crippen molar-refractivity contribution in [3.63, 3.8) is 0 Å². The van der Waals surface area contributed by atoms with Gasteiger partial charge < -0.3 is 19.3 Å². The van der Waals surface area contributed by atoms with Gasteiger partial charge in [0.15, 0.2) is 11.9 Å². The number of hydrogen-bond donors (Lipinski definition) is 1. The Morgan fingerprint density at radius 3 is 2.63 bits per heavy atom. The van der Waals surface area contributed by atoms with E-state index in [1.807, 2.05) is 13.8 Å². The van der Waals surface area contributed by atoms with Crippen molar-refractivity contribution in [2.75, 3.05) is 0 Å². The molecule has 8 heteroatoms. The van der Waals surface area contributed by atoms with Gasteiger partial charge in [0.1, 0.15) is 0 Å². The molecule has 5 aliphatic rings. The van der Waals surface area contributed by atoms with Crippen LogP contribution in [0.4, 0.5) is 0 Å². The van der Waals surface area contributed by atoms with Gasteiger partial charge in [0, 0.05) is 18.3 Å². The van der Waals surface area contributed by atoms with E-state index in [1.54, 1.807) is 0 Å². The standard InChI is InChI=1S/C19H28O8/c1-10-4-5-13-11(2)16(23-15(22)7-6-14(20)21)24-17-19(13)12(10)8-9-18(3,25-17)26-27-19/h10-13,16-17H,4-9H2,1-3H3,(H,20,21)/t10-,11-,12+,13+,16+,17-,18+,19+/m0/s1. The van der Waals surface area contributed by atoms with Gasteiger partial charge in [0.25, 0.3) is 0 Å². The molecule has 0 aromatic rings. The summed E-state index contributed by atoms with van der Waals surface area (Å²) in [5.74, 6) is -1.82. The second kappa shape index (κ2) is 6.69. The third-order valence-electron chi connectivity index (χ3n) is 6.89. The van der Waals surface area contributed by atoms with Gasteiger partial charge in [-0.1, -0.05) is 13.8 Å². The molecule has 5 fully saturated rings. The van der Waals surface area contributed by atoms with E-state index in [0.29, 0.717) is 12.3 Å². The Bertz CT molecular complexity index is 623. The molecule has 0 unspecified atom stereocenters. The molecule has 4 saturated heterocycles. The second-order valence-corrected chi connectivity index (χ2v) is 8.66. The highest BCUT2D eigenvalue weighted by molar-refractivity contribution is 5.76. The van der Waals surface area contributed by atoms with Crippen molar-refractivity contribution in [2.45, 2.75) is 83.3 Å². The van der Waals surface area contributed by atoms with Crippen molar-refractivity contribution >= 4 is 11.9 Å². The summed E-state index contributed by atoms with van der Waals surface area (Å²) in [5, 5.41) is 8.76. The van der Waals surface area contributed by atoms with E-state index in [1.165, 1.54) is 0 Å². The third kappa shape index (κ3) is 3.06. The van der Waals surface area contributed by atoms with Crippen molar-refractivity contribution in [3.8, 4) is 0 Å². The van der Waals surface area contributed by atoms with Gasteiger partial charge in [-0.15, -0.1) is 0 Å². The van der Waals surface area contributed by atoms with Crippen LogP contribution < -0.4 is 0 Å². The normalized spacial score (nSPS) is 48.4. The third-order valence-corrected chi connectivity index (χ3v) is 6.89. The van der Waals surface area contributed by atoms with Crippen LogP contribution in [0.2, 0.25) is 0 Å². The average Bonchev–Trinajstić information content (AvgIpc) is 2.84. The van der Waals surface area contributed by atoms with Gasteiger partial charge in [-0.05, 0) is 38.0 Å². The maximum Gasteiger partial charge on any atom is 0.308 e. The van der Waals surface area contributed by atoms with E-state index >= 15 is 0 Å². The highest BCUT2D eigenvalue weighted by Crippen LogP contribution is 2.60. The molecule has 0 aromatic heterocycles. The van der Waals surface area contributed by atoms with E-state index in [0.717, 1.165) is 19.3 Å². The van der Waals surface area contributed by atoms with Crippen LogP contribution in [-0.4, -0.2) is 41.0 Å². The largest absolute Gasteiger partial charge is 0.481 e. The highest BCUT2D eigenvalue weighted by atomic mass is 17.3. The van der Waals surface area contributed by atoms with E-state index < -0.39 is 35.9 Å². The fourth-order valence-electron chi connectivity index (χ4n) is 5.40. The molecule has 0 radical (unpaired) electrons. The Morgan fingerprint density at radius 1 is 1.11 bits per heavy atom. The number of rotatable bonds is 4. The van der Waals surface area contributed by atoms with Crippen molar-refractivity contribution < 1.29 is 38.7 Å². The Labute approximate surface area is 158 Å². The Balaban J connectivity index is 1.58. The lowest BCUT2D eigenvalue weighted by Gasteiger charge is -2.59. The summed E-state index contributed by atoms with van der Waals surface area (Å²) in [7, 11) is 0. The molecule has 27 heavy (non-hydrogen) atoms. The first kappa shape index (κ1) is 19.1. The SMILES string of the molecule is C[C@@H]1[C@H](OC(=O)CCC(=O)O)O[C@H]2O[C@@]3(C)CC[C@@H]4[C@@H](C)CC[C@H]1[C@@]24OO3. The van der Waals surface area contributed by atoms with Crippen molar-refractivity contribution in [1.29, 1.82) is 0 Å². The molecule has 0 amide bonds. The van der Waals surface area contributed by atoms with Gasteiger partial charge in [-0.3, -0.25) is 9.59 Å². The van der Waals surface area contributed by atoms with Gasteiger partial charge >= 0.3 is 11.9 Å². The fraction of sp³-hybridized carbons (Fsp3) is 0.895. The zero-order chi connectivity index (χ0) is 19.4. The van der Waals surface area contributed by atoms with E-state index in [-0.39, 0.29) is 30.6 Å². The number of carboxylic acids is 1. The first-order valence-corrected chi connectivity index (χ1v) is 9.86. The predicted molar refractivity (Wildman–Crippen MR) is 89.8 cm³/mol. The Hall–Kier alpha value is -1.22. The molecule has 1 spiro atoms. The zero-order valence-corrected chi connectivity index (χ0v) is 16.0. The molecule has 4 heterocycles. The monoisotopic (exact) mass is 384 g/mol. The molecule has 8 atom stereocenters. The van der Waals surface area contributed by atoms with E-state index in [9.17, 15) is 9.59 Å². The van der Waals surface area contributed by atoms with Crippen LogP contribution in [0.15, 0.2) is 0 Å². The number of aliphatic carboxylic acids is 1. The number of esters is 1. The number of hydrogen-bond acceptors (Lipinski definition) is 7. The molecule has 152 valence electrons. The van der Waals surface area contributed by atoms with Crippen LogP contribution in [0.1, 0.15) is 59.3 Å². The Morgan fingerprint density at radius 2 is 1.89 bits per heavy atom. The first-order valence-electron chi connectivity index (χ1n) is 9.86. The minimum Gasteiger partial charge on any atom is -0.481 e. The molecule has 1 saturated carbocycles. The zero-order valence-electron chi connectivity index (χ0n) is 16.0. The second-order valence-electron chi connectivity index (χ2n) is 8.66. The lowest BCUT2D eigenvalue weighted by atomic mass is 9.58. The van der Waals surface area contributed by atoms with Gasteiger partial charge in [0.2, 0.25) is 12.1 Å². The summed E-state index contributed by atoms with van der Waals surface area (Å²) in [6.45, 7) is 6.06. The molecule has 5 rings (SSSR count). The fourth-order valence-corrected chi connectivity index (χ4v) is 5.40. The molecule has 1 N–H and O–H groups in total. The summed E-state index contributed by atoms with van der Waals surface area (Å²) in [6.07, 6.45) is 1.72. The summed E-state index contributed by atoms with van der Waals surface area (Å²) in [6, 6.07) is 0. The highest BCUT2D eigenvalue weighted by Gasteiger charge is 2.69.